The Balaban J connectivity index is 1.15. The number of unbranched alkanes of at least 4 members (excludes halogenated alkanes) is 4. The third kappa shape index (κ3) is 11.0. The summed E-state index contributed by atoms with van der Waals surface area (Å²) in [5, 5.41) is 6.64. The number of anilines is 1. The Morgan fingerprint density at radius 3 is 2.46 bits per heavy atom. The fraction of sp³-hybridized carbons (Fsp3) is 0.444. The van der Waals surface area contributed by atoms with Gasteiger partial charge in [0.15, 0.2) is 0 Å². The molecule has 3 aromatic rings. The summed E-state index contributed by atoms with van der Waals surface area (Å²) in [6.45, 7) is 8.47. The molecule has 296 valence electrons. The molecule has 3 aromatic carbocycles. The molecule has 0 saturated heterocycles. The van der Waals surface area contributed by atoms with E-state index in [0.717, 1.165) is 25.8 Å². The molecule has 3 aliphatic carbocycles. The van der Waals surface area contributed by atoms with Crippen LogP contribution in [0.4, 0.5) is 5.69 Å². The Bertz CT molecular complexity index is 1910. The van der Waals surface area contributed by atoms with Crippen molar-refractivity contribution in [1.82, 2.24) is 0 Å². The van der Waals surface area contributed by atoms with Crippen LogP contribution >= 0.6 is 0 Å². The lowest BCUT2D eigenvalue weighted by Crippen LogP contribution is -2.25. The van der Waals surface area contributed by atoms with Crippen LogP contribution in [0.25, 0.3) is 16.8 Å². The smallest absolute Gasteiger partial charge is 0.0346 e. The molecule has 3 N–H and O–H groups in total. The number of rotatable bonds is 20. The lowest BCUT2D eigenvalue weighted by Gasteiger charge is -2.39. The van der Waals surface area contributed by atoms with E-state index in [0.29, 0.717) is 30.2 Å². The maximum Gasteiger partial charge on any atom is 0.0346 e. The zero-order valence-corrected chi connectivity index (χ0v) is 34.9. The fourth-order valence-electron chi connectivity index (χ4n) is 9.62. The summed E-state index contributed by atoms with van der Waals surface area (Å²) in [7, 11) is 0. The summed E-state index contributed by atoms with van der Waals surface area (Å²) >= 11 is 0. The minimum atomic E-state index is 0.249. The van der Waals surface area contributed by atoms with Crippen LogP contribution in [0.1, 0.15) is 138 Å². The summed E-state index contributed by atoms with van der Waals surface area (Å²) in [5.74, 6) is 2.44. The molecule has 0 radical (unpaired) electrons. The van der Waals surface area contributed by atoms with E-state index in [4.69, 9.17) is 5.73 Å². The van der Waals surface area contributed by atoms with E-state index in [2.05, 4.69) is 154 Å². The van der Waals surface area contributed by atoms with Gasteiger partial charge in [-0.1, -0.05) is 148 Å². The molecule has 0 aliphatic heterocycles. The van der Waals surface area contributed by atoms with E-state index in [9.17, 15) is 0 Å². The van der Waals surface area contributed by atoms with Gasteiger partial charge in [-0.25, -0.2) is 0 Å². The van der Waals surface area contributed by atoms with Gasteiger partial charge < -0.3 is 11.1 Å². The highest BCUT2D eigenvalue weighted by Crippen LogP contribution is 2.50. The second kappa shape index (κ2) is 22.0. The number of benzene rings is 3. The molecule has 0 saturated carbocycles. The molecular formula is C54H70N2. The topological polar surface area (TPSA) is 38.0 Å². The van der Waals surface area contributed by atoms with Crippen molar-refractivity contribution in [1.29, 1.82) is 0 Å². The van der Waals surface area contributed by atoms with E-state index in [1.54, 1.807) is 11.1 Å². The maximum atomic E-state index is 6.29. The van der Waals surface area contributed by atoms with Crippen molar-refractivity contribution in [3.63, 3.8) is 0 Å². The van der Waals surface area contributed by atoms with Gasteiger partial charge >= 0.3 is 0 Å². The Labute approximate surface area is 340 Å². The first kappa shape index (κ1) is 41.5. The molecule has 0 aromatic heterocycles. The van der Waals surface area contributed by atoms with Gasteiger partial charge in [0.25, 0.3) is 0 Å². The lowest BCUT2D eigenvalue weighted by atomic mass is 9.65. The van der Waals surface area contributed by atoms with Gasteiger partial charge in [-0.15, -0.1) is 0 Å². The quantitative estimate of drug-likeness (QED) is 0.0686. The molecule has 0 bridgehead atoms. The van der Waals surface area contributed by atoms with Crippen molar-refractivity contribution < 1.29 is 0 Å². The largest absolute Gasteiger partial charge is 0.384 e. The van der Waals surface area contributed by atoms with E-state index in [-0.39, 0.29) is 5.92 Å². The zero-order valence-electron chi connectivity index (χ0n) is 34.9. The van der Waals surface area contributed by atoms with Gasteiger partial charge in [0, 0.05) is 24.7 Å². The average molecular weight is 747 g/mol. The summed E-state index contributed by atoms with van der Waals surface area (Å²) in [4.78, 5) is 0. The lowest BCUT2D eigenvalue weighted by molar-refractivity contribution is 0.381. The summed E-state index contributed by atoms with van der Waals surface area (Å²) in [6, 6.07) is 20.9. The van der Waals surface area contributed by atoms with E-state index < -0.39 is 0 Å². The van der Waals surface area contributed by atoms with Gasteiger partial charge in [-0.3, -0.25) is 0 Å². The molecule has 0 amide bonds. The molecule has 0 spiro atoms. The van der Waals surface area contributed by atoms with Crippen LogP contribution in [0.3, 0.4) is 0 Å². The monoisotopic (exact) mass is 747 g/mol. The van der Waals surface area contributed by atoms with Crippen LogP contribution in [0.2, 0.25) is 0 Å². The molecular weight excluding hydrogens is 677 g/mol. The molecule has 3 aliphatic rings. The number of aryl methyl sites for hydroxylation is 1. The van der Waals surface area contributed by atoms with Crippen LogP contribution in [0.5, 0.6) is 0 Å². The number of nitrogens with two attached hydrogens (primary N) is 1. The number of hydrogen-bond acceptors (Lipinski definition) is 2. The van der Waals surface area contributed by atoms with Gasteiger partial charge in [0.2, 0.25) is 0 Å². The summed E-state index contributed by atoms with van der Waals surface area (Å²) in [5.41, 5.74) is 16.6. The predicted molar refractivity (Wildman–Crippen MR) is 246 cm³/mol. The van der Waals surface area contributed by atoms with Gasteiger partial charge in [-0.2, -0.15) is 0 Å². The van der Waals surface area contributed by atoms with Gasteiger partial charge in [0.1, 0.15) is 0 Å². The fourth-order valence-corrected chi connectivity index (χ4v) is 9.62. The molecule has 2 nitrogen and oxygen atoms in total. The Hall–Kier alpha value is -4.14. The Morgan fingerprint density at radius 2 is 1.62 bits per heavy atom. The third-order valence-electron chi connectivity index (χ3n) is 12.8. The highest BCUT2D eigenvalue weighted by atomic mass is 14.9. The first-order valence-corrected chi connectivity index (χ1v) is 22.4. The SMILES string of the molecule is C/C=C\C(CN)c1ccc(C2CCC(C(C)CCC(/C=C/C=C\CCC/C=C\CCCC)CNc3ccc4c(c3)C=CCC4)=C3C=CCCC32)c2ccccc12. The third-order valence-corrected chi connectivity index (χ3v) is 12.8. The second-order valence-corrected chi connectivity index (χ2v) is 16.7. The first-order valence-electron chi connectivity index (χ1n) is 22.4. The standard InChI is InChI=1S/C54H70N2/c1-4-6-7-8-9-10-11-12-13-14-15-23-42(40-56-46-33-32-43-24-16-17-25-44(43)38-46)31-30-41(3)47-34-36-53(51-28-20-18-26-49(47)51)54-37-35-48(45(39-55)22-5-2)50-27-19-21-29-52(50)54/h5,8-9,13-15,17-19,21-23,25-27,29,32-33,35,37-38,41-42,45,51,53,56H,4,6-7,10-12,16,20,24,28,30-31,34,36,39-40,55H2,1-3H3/b9-8-,14-13-,22-5-,23-15+. The number of hydrogen-bond donors (Lipinski definition) is 2. The van der Waals surface area contributed by atoms with Crippen molar-refractivity contribution in [3.05, 3.63) is 155 Å². The van der Waals surface area contributed by atoms with Crippen molar-refractivity contribution in [2.24, 2.45) is 23.5 Å². The van der Waals surface area contributed by atoms with Gasteiger partial charge in [-0.05, 0) is 158 Å². The minimum Gasteiger partial charge on any atom is -0.384 e. The van der Waals surface area contributed by atoms with Crippen LogP contribution in [-0.4, -0.2) is 13.1 Å². The van der Waals surface area contributed by atoms with E-state index in [1.165, 1.54) is 109 Å². The van der Waals surface area contributed by atoms with Crippen molar-refractivity contribution in [3.8, 4) is 0 Å². The number of nitrogens with one attached hydrogen (secondary N) is 1. The predicted octanol–water partition coefficient (Wildman–Crippen LogP) is 14.7. The number of fused-ring (bicyclic) bond motifs is 3. The van der Waals surface area contributed by atoms with Crippen LogP contribution < -0.4 is 11.1 Å². The highest BCUT2D eigenvalue weighted by molar-refractivity contribution is 5.90. The van der Waals surface area contributed by atoms with Crippen LogP contribution in [-0.2, 0) is 6.42 Å². The van der Waals surface area contributed by atoms with Gasteiger partial charge in [0.05, 0.1) is 0 Å². The second-order valence-electron chi connectivity index (χ2n) is 16.7. The van der Waals surface area contributed by atoms with E-state index in [1.807, 2.05) is 0 Å². The molecule has 5 atom stereocenters. The molecule has 2 heteroatoms. The molecule has 0 heterocycles. The summed E-state index contributed by atoms with van der Waals surface area (Å²) in [6.07, 6.45) is 45.1. The maximum absolute atomic E-state index is 6.29. The summed E-state index contributed by atoms with van der Waals surface area (Å²) < 4.78 is 0. The molecule has 0 fully saturated rings. The van der Waals surface area contributed by atoms with Crippen molar-refractivity contribution >= 4 is 22.5 Å². The zero-order chi connectivity index (χ0) is 39.0. The average Bonchev–Trinajstić information content (AvgIpc) is 3.24. The normalized spacial score (nSPS) is 20.1. The highest BCUT2D eigenvalue weighted by Gasteiger charge is 2.35. The van der Waals surface area contributed by atoms with Crippen molar-refractivity contribution in [2.75, 3.05) is 18.4 Å². The molecule has 56 heavy (non-hydrogen) atoms. The van der Waals surface area contributed by atoms with E-state index >= 15 is 0 Å². The van der Waals surface area contributed by atoms with Crippen LogP contribution in [0.15, 0.2) is 133 Å². The van der Waals surface area contributed by atoms with Crippen LogP contribution in [0, 0.1) is 17.8 Å². The molecule has 6 rings (SSSR count). The molecule has 5 unspecified atom stereocenters. The Kier molecular flexibility index (Phi) is 16.3. The van der Waals surface area contributed by atoms with Crippen molar-refractivity contribution in [2.45, 2.75) is 122 Å². The number of allylic oxidation sites excluding steroid dienone is 11. The Morgan fingerprint density at radius 1 is 0.804 bits per heavy atom. The first-order chi connectivity index (χ1) is 27.6. The minimum absolute atomic E-state index is 0.249.